The molecule has 0 aromatic heterocycles. The molecular weight excluding hydrogens is 302 g/mol. The van der Waals surface area contributed by atoms with E-state index >= 15 is 0 Å². The molecule has 0 saturated heterocycles. The van der Waals surface area contributed by atoms with Crippen LogP contribution in [0.25, 0.3) is 5.70 Å². The molecule has 0 spiro atoms. The van der Waals surface area contributed by atoms with Crippen LogP contribution in [-0.2, 0) is 16.1 Å². The van der Waals surface area contributed by atoms with Gasteiger partial charge < -0.3 is 21.1 Å². The van der Waals surface area contributed by atoms with Crippen LogP contribution < -0.4 is 16.4 Å². The summed E-state index contributed by atoms with van der Waals surface area (Å²) in [5.74, 6) is -0.393. The first-order chi connectivity index (χ1) is 11.7. The third kappa shape index (κ3) is 4.14. The Bertz CT molecular complexity index is 701. The summed E-state index contributed by atoms with van der Waals surface area (Å²) in [5, 5.41) is 6.53. The van der Waals surface area contributed by atoms with Crippen molar-refractivity contribution in [3.05, 3.63) is 78.0 Å². The van der Waals surface area contributed by atoms with Gasteiger partial charge in [-0.2, -0.15) is 0 Å². The molecule has 3 rings (SSSR count). The minimum atomic E-state index is -0.678. The quantitative estimate of drug-likeness (QED) is 0.709. The van der Waals surface area contributed by atoms with Gasteiger partial charge in [0.05, 0.1) is 11.9 Å². The van der Waals surface area contributed by atoms with Crippen LogP contribution in [0.5, 0.6) is 0 Å². The van der Waals surface area contributed by atoms with Crippen LogP contribution in [0.15, 0.2) is 66.9 Å². The van der Waals surface area contributed by atoms with Crippen molar-refractivity contribution in [1.82, 2.24) is 10.6 Å². The van der Waals surface area contributed by atoms with Gasteiger partial charge in [0.25, 0.3) is 0 Å². The Labute approximate surface area is 141 Å². The van der Waals surface area contributed by atoms with Crippen molar-refractivity contribution in [2.24, 2.45) is 5.73 Å². The number of carbonyl (C=O) groups is 1. The van der Waals surface area contributed by atoms with Crippen LogP contribution in [-0.4, -0.2) is 18.2 Å². The Morgan fingerprint density at radius 3 is 2.46 bits per heavy atom. The molecule has 2 aromatic rings. The van der Waals surface area contributed by atoms with Crippen LogP contribution in [0, 0.1) is 0 Å². The predicted octanol–water partition coefficient (Wildman–Crippen LogP) is 1.96. The van der Waals surface area contributed by atoms with Crippen molar-refractivity contribution < 1.29 is 9.53 Å². The van der Waals surface area contributed by atoms with E-state index in [1.807, 2.05) is 66.9 Å². The van der Waals surface area contributed by atoms with Crippen LogP contribution in [0.3, 0.4) is 0 Å². The molecule has 0 radical (unpaired) electrons. The molecule has 5 nitrogen and oxygen atoms in total. The average Bonchev–Trinajstić information content (AvgIpc) is 3.10. The molecule has 1 unspecified atom stereocenters. The van der Waals surface area contributed by atoms with Gasteiger partial charge in [0.2, 0.25) is 0 Å². The minimum Gasteiger partial charge on any atom is -0.460 e. The first-order valence-corrected chi connectivity index (χ1v) is 7.97. The van der Waals surface area contributed by atoms with E-state index in [-0.39, 0.29) is 12.8 Å². The zero-order chi connectivity index (χ0) is 16.8. The highest BCUT2D eigenvalue weighted by Gasteiger charge is 2.23. The number of ether oxygens (including phenoxy) is 1. The van der Waals surface area contributed by atoms with Crippen LogP contribution >= 0.6 is 0 Å². The Morgan fingerprint density at radius 1 is 1.08 bits per heavy atom. The van der Waals surface area contributed by atoms with E-state index in [9.17, 15) is 4.79 Å². The van der Waals surface area contributed by atoms with Crippen molar-refractivity contribution in [3.63, 3.8) is 0 Å². The molecule has 124 valence electrons. The van der Waals surface area contributed by atoms with E-state index in [4.69, 9.17) is 10.5 Å². The second-order valence-corrected chi connectivity index (χ2v) is 5.72. The highest BCUT2D eigenvalue weighted by atomic mass is 16.5. The number of nitrogens with one attached hydrogen (secondary N) is 2. The van der Waals surface area contributed by atoms with E-state index in [1.165, 1.54) is 0 Å². The number of esters is 1. The fourth-order valence-corrected chi connectivity index (χ4v) is 2.55. The van der Waals surface area contributed by atoms with Gasteiger partial charge >= 0.3 is 5.97 Å². The van der Waals surface area contributed by atoms with Crippen LogP contribution in [0.4, 0.5) is 0 Å². The monoisotopic (exact) mass is 323 g/mol. The molecule has 2 atom stereocenters. The normalized spacial score (nSPS) is 17.4. The van der Waals surface area contributed by atoms with Gasteiger partial charge in [0.1, 0.15) is 12.6 Å². The molecule has 1 heterocycles. The highest BCUT2D eigenvalue weighted by molar-refractivity contribution is 5.75. The van der Waals surface area contributed by atoms with Crippen molar-refractivity contribution in [1.29, 1.82) is 0 Å². The van der Waals surface area contributed by atoms with E-state index in [1.54, 1.807) is 0 Å². The van der Waals surface area contributed by atoms with Crippen molar-refractivity contribution in [3.8, 4) is 0 Å². The lowest BCUT2D eigenvalue weighted by molar-refractivity contribution is -0.146. The van der Waals surface area contributed by atoms with Gasteiger partial charge in [0, 0.05) is 12.6 Å². The van der Waals surface area contributed by atoms with Crippen molar-refractivity contribution in [2.45, 2.75) is 25.2 Å². The number of nitrogens with two attached hydrogens (primary N) is 1. The van der Waals surface area contributed by atoms with Gasteiger partial charge in [-0.3, -0.25) is 4.79 Å². The van der Waals surface area contributed by atoms with Crippen molar-refractivity contribution in [2.75, 3.05) is 0 Å². The third-order valence-corrected chi connectivity index (χ3v) is 3.86. The van der Waals surface area contributed by atoms with E-state index in [2.05, 4.69) is 10.6 Å². The number of carbonyl (C=O) groups excluding carboxylic acids is 1. The van der Waals surface area contributed by atoms with Gasteiger partial charge in [-0.25, -0.2) is 0 Å². The molecule has 4 N–H and O–H groups in total. The molecule has 5 heteroatoms. The molecule has 0 amide bonds. The lowest BCUT2D eigenvalue weighted by Crippen LogP contribution is -2.42. The average molecular weight is 323 g/mol. The Hall–Kier alpha value is -2.79. The van der Waals surface area contributed by atoms with Gasteiger partial charge in [-0.05, 0) is 11.1 Å². The Kier molecular flexibility index (Phi) is 5.13. The fraction of sp³-hybridized carbons (Fsp3) is 0.211. The van der Waals surface area contributed by atoms with Crippen molar-refractivity contribution >= 4 is 11.7 Å². The minimum absolute atomic E-state index is 0.0838. The zero-order valence-electron chi connectivity index (χ0n) is 13.3. The second kappa shape index (κ2) is 7.66. The lowest BCUT2D eigenvalue weighted by Gasteiger charge is -2.18. The fourth-order valence-electron chi connectivity index (χ4n) is 2.55. The molecule has 0 aliphatic carbocycles. The van der Waals surface area contributed by atoms with Gasteiger partial charge in [-0.15, -0.1) is 0 Å². The third-order valence-electron chi connectivity index (χ3n) is 3.86. The predicted molar refractivity (Wildman–Crippen MR) is 93.3 cm³/mol. The Balaban J connectivity index is 1.46. The number of hydrogen-bond donors (Lipinski definition) is 3. The summed E-state index contributed by atoms with van der Waals surface area (Å²) in [6.45, 7) is 0.242. The molecule has 0 fully saturated rings. The van der Waals surface area contributed by atoms with Gasteiger partial charge in [-0.1, -0.05) is 60.7 Å². The van der Waals surface area contributed by atoms with Crippen LogP contribution in [0.1, 0.15) is 17.5 Å². The van der Waals surface area contributed by atoms with E-state index in [0.717, 1.165) is 16.8 Å². The topological polar surface area (TPSA) is 76.4 Å². The molecule has 0 bridgehead atoms. The summed E-state index contributed by atoms with van der Waals surface area (Å²) in [4.78, 5) is 12.0. The molecule has 24 heavy (non-hydrogen) atoms. The molecule has 0 saturated carbocycles. The first kappa shape index (κ1) is 16.1. The summed E-state index contributed by atoms with van der Waals surface area (Å²) in [6, 6.07) is 18.9. The standard InChI is InChI=1S/C19H21N3O2/c20-16(19(23)24-13-14-7-3-1-4-8-14)11-18-21-12-17(22-18)15-9-5-2-6-10-15/h1-10,12,16,18,21-22H,11,13,20H2/t16-,18?/m0/s1. The number of benzene rings is 2. The summed E-state index contributed by atoms with van der Waals surface area (Å²) in [6.07, 6.45) is 2.27. The van der Waals surface area contributed by atoms with Gasteiger partial charge in [0.15, 0.2) is 0 Å². The lowest BCUT2D eigenvalue weighted by atomic mass is 10.1. The summed E-state index contributed by atoms with van der Waals surface area (Å²) in [7, 11) is 0. The SMILES string of the molecule is N[C@@H](CC1NC=C(c2ccccc2)N1)C(=O)OCc1ccccc1. The number of rotatable bonds is 6. The maximum Gasteiger partial charge on any atom is 0.323 e. The summed E-state index contributed by atoms with van der Waals surface area (Å²) >= 11 is 0. The molecule has 1 aliphatic heterocycles. The smallest absolute Gasteiger partial charge is 0.323 e. The highest BCUT2D eigenvalue weighted by Crippen LogP contribution is 2.16. The first-order valence-electron chi connectivity index (χ1n) is 7.97. The van der Waals surface area contributed by atoms with E-state index in [0.29, 0.717) is 6.42 Å². The second-order valence-electron chi connectivity index (χ2n) is 5.72. The number of hydrogen-bond acceptors (Lipinski definition) is 5. The van der Waals surface area contributed by atoms with E-state index < -0.39 is 12.0 Å². The maximum atomic E-state index is 12.0. The zero-order valence-corrected chi connectivity index (χ0v) is 13.3. The largest absolute Gasteiger partial charge is 0.460 e. The summed E-state index contributed by atoms with van der Waals surface area (Å²) in [5.41, 5.74) is 9.00. The summed E-state index contributed by atoms with van der Waals surface area (Å²) < 4.78 is 5.28. The molecular formula is C19H21N3O2. The Morgan fingerprint density at radius 2 is 1.75 bits per heavy atom. The molecule has 1 aliphatic rings. The molecule has 2 aromatic carbocycles. The maximum absolute atomic E-state index is 12.0. The van der Waals surface area contributed by atoms with Crippen LogP contribution in [0.2, 0.25) is 0 Å².